The molecule has 3 heterocycles. The number of nitrogens with zero attached hydrogens (tertiary/aromatic N) is 3. The Morgan fingerprint density at radius 1 is 1.04 bits per heavy atom. The van der Waals surface area contributed by atoms with Crippen LogP contribution >= 0.6 is 23.2 Å². The molecule has 0 aliphatic carbocycles. The zero-order chi connectivity index (χ0) is 17.2. The molecule has 0 atom stereocenters. The smallest absolute Gasteiger partial charge is 0.149 e. The molecule has 3 aromatic rings. The highest BCUT2D eigenvalue weighted by molar-refractivity contribution is 6.36. The molecule has 4 nitrogen and oxygen atoms in total. The minimum absolute atomic E-state index is 0.644. The van der Waals surface area contributed by atoms with E-state index in [0.717, 1.165) is 41.3 Å². The number of hydrogen-bond donors (Lipinski definition) is 1. The first-order chi connectivity index (χ1) is 12.2. The van der Waals surface area contributed by atoms with Gasteiger partial charge in [0, 0.05) is 65.0 Å². The van der Waals surface area contributed by atoms with E-state index in [1.807, 2.05) is 42.7 Å². The number of pyridine rings is 2. The van der Waals surface area contributed by atoms with Gasteiger partial charge in [0.2, 0.25) is 0 Å². The molecule has 2 aromatic heterocycles. The first-order valence-electron chi connectivity index (χ1n) is 8.04. The number of rotatable bonds is 3. The molecule has 1 aliphatic heterocycles. The molecule has 126 valence electrons. The van der Waals surface area contributed by atoms with Crippen LogP contribution in [0, 0.1) is 0 Å². The number of hydrogen-bond acceptors (Lipinski definition) is 4. The Balaban J connectivity index is 1.71. The quantitative estimate of drug-likeness (QED) is 0.712. The van der Waals surface area contributed by atoms with Gasteiger partial charge in [-0.15, -0.1) is 0 Å². The molecule has 0 saturated carbocycles. The normalized spacial score (nSPS) is 13.3. The summed E-state index contributed by atoms with van der Waals surface area (Å²) in [4.78, 5) is 11.0. The third-order valence-electron chi connectivity index (χ3n) is 4.29. The van der Waals surface area contributed by atoms with Crippen molar-refractivity contribution in [1.82, 2.24) is 9.97 Å². The molecule has 1 aromatic carbocycles. The second kappa shape index (κ2) is 6.90. The van der Waals surface area contributed by atoms with E-state index in [4.69, 9.17) is 23.2 Å². The van der Waals surface area contributed by atoms with Crippen LogP contribution in [0.15, 0.2) is 55.0 Å². The van der Waals surface area contributed by atoms with E-state index < -0.39 is 0 Å². The van der Waals surface area contributed by atoms with Crippen LogP contribution in [0.3, 0.4) is 0 Å². The number of benzene rings is 1. The summed E-state index contributed by atoms with van der Waals surface area (Å²) >= 11 is 12.7. The van der Waals surface area contributed by atoms with Crippen molar-refractivity contribution in [2.45, 2.75) is 6.54 Å². The largest absolute Gasteiger partial charge is 0.367 e. The Hall–Kier alpha value is -2.30. The Bertz CT molecular complexity index is 879. The summed E-state index contributed by atoms with van der Waals surface area (Å²) in [6.45, 7) is 2.33. The van der Waals surface area contributed by atoms with Crippen molar-refractivity contribution in [3.63, 3.8) is 0 Å². The second-order valence-electron chi connectivity index (χ2n) is 5.88. The monoisotopic (exact) mass is 370 g/mol. The minimum atomic E-state index is 0.644. The van der Waals surface area contributed by atoms with Crippen LogP contribution in [0.25, 0.3) is 11.1 Å². The first-order valence-corrected chi connectivity index (χ1v) is 8.80. The average molecular weight is 371 g/mol. The number of aromatic nitrogens is 2. The zero-order valence-corrected chi connectivity index (χ0v) is 14.9. The van der Waals surface area contributed by atoms with Gasteiger partial charge >= 0.3 is 0 Å². The highest BCUT2D eigenvalue weighted by atomic mass is 35.5. The van der Waals surface area contributed by atoms with Crippen LogP contribution in [0.4, 0.5) is 11.5 Å². The van der Waals surface area contributed by atoms with E-state index in [0.29, 0.717) is 16.6 Å². The molecule has 0 unspecified atom stereocenters. The van der Waals surface area contributed by atoms with Crippen molar-refractivity contribution in [2.24, 2.45) is 0 Å². The Morgan fingerprint density at radius 2 is 1.88 bits per heavy atom. The van der Waals surface area contributed by atoms with E-state index in [2.05, 4.69) is 26.3 Å². The van der Waals surface area contributed by atoms with E-state index in [9.17, 15) is 0 Å². The van der Waals surface area contributed by atoms with Crippen molar-refractivity contribution in [1.29, 1.82) is 0 Å². The topological polar surface area (TPSA) is 41.0 Å². The van der Waals surface area contributed by atoms with Gasteiger partial charge in [-0.05, 0) is 24.3 Å². The van der Waals surface area contributed by atoms with Crippen LogP contribution in [0.5, 0.6) is 0 Å². The van der Waals surface area contributed by atoms with Gasteiger partial charge < -0.3 is 10.2 Å². The molecule has 6 heteroatoms. The van der Waals surface area contributed by atoms with Gasteiger partial charge in [-0.3, -0.25) is 4.98 Å². The zero-order valence-electron chi connectivity index (χ0n) is 13.4. The Morgan fingerprint density at radius 3 is 2.64 bits per heavy atom. The molecule has 25 heavy (non-hydrogen) atoms. The molecule has 0 amide bonds. The van der Waals surface area contributed by atoms with Crippen LogP contribution in [-0.2, 0) is 6.54 Å². The molecule has 0 bridgehead atoms. The van der Waals surface area contributed by atoms with Crippen LogP contribution in [0.1, 0.15) is 5.56 Å². The van der Waals surface area contributed by atoms with Gasteiger partial charge in [0.15, 0.2) is 0 Å². The van der Waals surface area contributed by atoms with Gasteiger partial charge in [-0.25, -0.2) is 4.98 Å². The van der Waals surface area contributed by atoms with Crippen molar-refractivity contribution in [2.75, 3.05) is 23.3 Å². The lowest BCUT2D eigenvalue weighted by atomic mass is 10.1. The fourth-order valence-electron chi connectivity index (χ4n) is 2.99. The summed E-state index contributed by atoms with van der Waals surface area (Å²) in [7, 11) is 0. The summed E-state index contributed by atoms with van der Waals surface area (Å²) in [6, 6.07) is 11.7. The lowest BCUT2D eigenvalue weighted by molar-refractivity contribution is 0.781. The van der Waals surface area contributed by atoms with E-state index in [-0.39, 0.29) is 0 Å². The van der Waals surface area contributed by atoms with Crippen LogP contribution in [0.2, 0.25) is 10.0 Å². The van der Waals surface area contributed by atoms with Gasteiger partial charge in [0.25, 0.3) is 0 Å². The minimum Gasteiger partial charge on any atom is -0.367 e. The summed E-state index contributed by atoms with van der Waals surface area (Å²) in [5.41, 5.74) is 4.05. The van der Waals surface area contributed by atoms with Crippen LogP contribution < -0.4 is 10.2 Å². The number of halogens is 2. The predicted octanol–water partition coefficient (Wildman–Crippen LogP) is 4.88. The molecular formula is C19H16Cl2N4. The number of nitrogens with one attached hydrogen (secondary N) is 1. The summed E-state index contributed by atoms with van der Waals surface area (Å²) in [6.07, 6.45) is 5.48. The maximum atomic E-state index is 6.35. The third kappa shape index (κ3) is 3.28. The Labute approximate surface area is 156 Å². The molecular weight excluding hydrogens is 355 g/mol. The summed E-state index contributed by atoms with van der Waals surface area (Å²) in [5.74, 6) is 0.877. The lowest BCUT2D eigenvalue weighted by Crippen LogP contribution is -2.34. The molecule has 0 saturated heterocycles. The second-order valence-corrected chi connectivity index (χ2v) is 6.70. The standard InChI is InChI=1S/C19H16Cl2N4/c20-16-4-1-5-17(21)15(16)12-25-8-7-23-19-18(25)9-14(11-24-19)13-3-2-6-22-10-13/h1-6,9-11H,7-8,12H2,(H,23,24). The number of fused-ring (bicyclic) bond motifs is 1. The van der Waals surface area contributed by atoms with E-state index in [1.165, 1.54) is 0 Å². The third-order valence-corrected chi connectivity index (χ3v) is 5.00. The predicted molar refractivity (Wildman–Crippen MR) is 103 cm³/mol. The maximum Gasteiger partial charge on any atom is 0.149 e. The molecule has 1 aliphatic rings. The molecule has 1 N–H and O–H groups in total. The summed E-state index contributed by atoms with van der Waals surface area (Å²) < 4.78 is 0. The fourth-order valence-corrected chi connectivity index (χ4v) is 3.51. The van der Waals surface area contributed by atoms with Gasteiger partial charge in [-0.1, -0.05) is 35.3 Å². The molecule has 0 spiro atoms. The van der Waals surface area contributed by atoms with E-state index in [1.54, 1.807) is 6.20 Å². The lowest BCUT2D eigenvalue weighted by Gasteiger charge is -2.32. The van der Waals surface area contributed by atoms with Gasteiger partial charge in [0.05, 0.1) is 5.69 Å². The van der Waals surface area contributed by atoms with E-state index >= 15 is 0 Å². The molecule has 4 rings (SSSR count). The van der Waals surface area contributed by atoms with Crippen molar-refractivity contribution < 1.29 is 0 Å². The highest BCUT2D eigenvalue weighted by Crippen LogP contribution is 2.34. The average Bonchev–Trinajstić information content (AvgIpc) is 2.65. The van der Waals surface area contributed by atoms with Crippen molar-refractivity contribution in [3.05, 3.63) is 70.6 Å². The first kappa shape index (κ1) is 16.2. The molecule has 0 fully saturated rings. The summed E-state index contributed by atoms with van der Waals surface area (Å²) in [5, 5.41) is 4.72. The molecule has 0 radical (unpaired) electrons. The SMILES string of the molecule is Clc1cccc(Cl)c1CN1CCNc2ncc(-c3cccnc3)cc21. The Kier molecular flexibility index (Phi) is 4.47. The maximum absolute atomic E-state index is 6.35. The van der Waals surface area contributed by atoms with Crippen molar-refractivity contribution in [3.8, 4) is 11.1 Å². The highest BCUT2D eigenvalue weighted by Gasteiger charge is 2.20. The van der Waals surface area contributed by atoms with Crippen LogP contribution in [-0.4, -0.2) is 23.1 Å². The fraction of sp³-hybridized carbons (Fsp3) is 0.158. The number of anilines is 2. The van der Waals surface area contributed by atoms with Crippen molar-refractivity contribution >= 4 is 34.7 Å². The van der Waals surface area contributed by atoms with Gasteiger partial charge in [0.1, 0.15) is 5.82 Å². The van der Waals surface area contributed by atoms with Gasteiger partial charge in [-0.2, -0.15) is 0 Å².